The average Bonchev–Trinajstić information content (AvgIpc) is 3.42. The standard InChI is InChI=1S/C28H24BrClN4O5S/c1-3-38-25(35)15-39-26-22(29)12-17(13-24(26)37-2)14-31-34-27(36)19-6-4-18(5-7-19)23-16-40-28(33-23)32-21-10-8-20(30)9-11-21/h4-14,16H,3,15H2,1-2H3,(H,32,33)(H,34,36)/b31-14-. The lowest BCUT2D eigenvalue weighted by molar-refractivity contribution is -0.145. The minimum absolute atomic E-state index is 0.255. The zero-order valence-corrected chi connectivity index (χ0v) is 24.6. The van der Waals surface area contributed by atoms with E-state index in [1.54, 1.807) is 31.2 Å². The van der Waals surface area contributed by atoms with E-state index >= 15 is 0 Å². The minimum Gasteiger partial charge on any atom is -0.493 e. The second kappa shape index (κ2) is 13.9. The topological polar surface area (TPSA) is 111 Å². The van der Waals surface area contributed by atoms with E-state index in [9.17, 15) is 9.59 Å². The summed E-state index contributed by atoms with van der Waals surface area (Å²) in [7, 11) is 1.48. The van der Waals surface area contributed by atoms with Crippen molar-refractivity contribution in [2.24, 2.45) is 5.10 Å². The van der Waals surface area contributed by atoms with E-state index in [2.05, 4.69) is 36.8 Å². The number of benzene rings is 3. The highest BCUT2D eigenvalue weighted by Crippen LogP contribution is 2.36. The molecule has 0 aliphatic heterocycles. The van der Waals surface area contributed by atoms with Gasteiger partial charge in [0.15, 0.2) is 23.2 Å². The van der Waals surface area contributed by atoms with Gasteiger partial charge in [-0.2, -0.15) is 5.10 Å². The Morgan fingerprint density at radius 2 is 1.88 bits per heavy atom. The van der Waals surface area contributed by atoms with Gasteiger partial charge in [-0.25, -0.2) is 15.2 Å². The summed E-state index contributed by atoms with van der Waals surface area (Å²) in [6.45, 7) is 1.73. The van der Waals surface area contributed by atoms with E-state index in [-0.39, 0.29) is 19.1 Å². The number of ether oxygens (including phenoxy) is 3. The average molecular weight is 644 g/mol. The molecular weight excluding hydrogens is 620 g/mol. The van der Waals surface area contributed by atoms with Gasteiger partial charge in [-0.05, 0) is 76.9 Å². The van der Waals surface area contributed by atoms with Crippen molar-refractivity contribution in [3.63, 3.8) is 0 Å². The third-order valence-electron chi connectivity index (χ3n) is 5.31. The van der Waals surface area contributed by atoms with E-state index in [1.807, 2.05) is 41.8 Å². The van der Waals surface area contributed by atoms with Gasteiger partial charge in [0.2, 0.25) is 0 Å². The van der Waals surface area contributed by atoms with E-state index in [4.69, 9.17) is 25.8 Å². The number of aromatic nitrogens is 1. The van der Waals surface area contributed by atoms with Crippen LogP contribution in [-0.4, -0.2) is 43.4 Å². The molecule has 1 amide bonds. The van der Waals surface area contributed by atoms with Gasteiger partial charge >= 0.3 is 5.97 Å². The number of carbonyl (C=O) groups excluding carboxylic acids is 2. The summed E-state index contributed by atoms with van der Waals surface area (Å²) in [5.41, 5.74) is 6.15. The van der Waals surface area contributed by atoms with Crippen LogP contribution in [0.3, 0.4) is 0 Å². The summed E-state index contributed by atoms with van der Waals surface area (Å²) in [4.78, 5) is 28.8. The molecule has 9 nitrogen and oxygen atoms in total. The highest BCUT2D eigenvalue weighted by molar-refractivity contribution is 9.10. The summed E-state index contributed by atoms with van der Waals surface area (Å²) < 4.78 is 16.3. The number of methoxy groups -OCH3 is 1. The van der Waals surface area contributed by atoms with Crippen molar-refractivity contribution in [1.82, 2.24) is 10.4 Å². The van der Waals surface area contributed by atoms with Crippen LogP contribution in [0.25, 0.3) is 11.3 Å². The zero-order valence-electron chi connectivity index (χ0n) is 21.4. The van der Waals surface area contributed by atoms with Gasteiger partial charge in [0.25, 0.3) is 5.91 Å². The highest BCUT2D eigenvalue weighted by atomic mass is 79.9. The lowest BCUT2D eigenvalue weighted by Crippen LogP contribution is -2.17. The van der Waals surface area contributed by atoms with Crippen LogP contribution in [0.5, 0.6) is 11.5 Å². The summed E-state index contributed by atoms with van der Waals surface area (Å²) >= 11 is 10.8. The molecule has 1 heterocycles. The maximum atomic E-state index is 12.6. The van der Waals surface area contributed by atoms with Crippen molar-refractivity contribution in [2.45, 2.75) is 6.92 Å². The molecule has 0 saturated heterocycles. The molecule has 0 fully saturated rings. The number of halogens is 2. The monoisotopic (exact) mass is 642 g/mol. The molecule has 40 heavy (non-hydrogen) atoms. The normalized spacial score (nSPS) is 10.8. The Morgan fingerprint density at radius 1 is 1.12 bits per heavy atom. The molecular formula is C28H24BrClN4O5S. The molecule has 0 aliphatic carbocycles. The Kier molecular flexibility index (Phi) is 10.1. The molecule has 0 saturated carbocycles. The van der Waals surface area contributed by atoms with Gasteiger partial charge in [-0.3, -0.25) is 4.79 Å². The van der Waals surface area contributed by atoms with Crippen molar-refractivity contribution in [1.29, 1.82) is 0 Å². The van der Waals surface area contributed by atoms with Crippen LogP contribution in [0.15, 0.2) is 75.6 Å². The predicted octanol–water partition coefficient (Wildman–Crippen LogP) is 6.68. The third kappa shape index (κ3) is 7.81. The quantitative estimate of drug-likeness (QED) is 0.107. The Labute approximate surface area is 248 Å². The van der Waals surface area contributed by atoms with E-state index < -0.39 is 5.97 Å². The van der Waals surface area contributed by atoms with Crippen molar-refractivity contribution in [3.05, 3.63) is 86.7 Å². The van der Waals surface area contributed by atoms with Gasteiger partial charge in [0, 0.05) is 27.2 Å². The molecule has 2 N–H and O–H groups in total. The van der Waals surface area contributed by atoms with Crippen LogP contribution < -0.4 is 20.2 Å². The number of thiazole rings is 1. The molecule has 4 aromatic rings. The Morgan fingerprint density at radius 3 is 2.58 bits per heavy atom. The van der Waals surface area contributed by atoms with Gasteiger partial charge in [-0.15, -0.1) is 11.3 Å². The second-order valence-corrected chi connectivity index (χ2v) is 10.2. The Hall–Kier alpha value is -3.93. The Bertz CT molecular complexity index is 1510. The van der Waals surface area contributed by atoms with Gasteiger partial charge in [-0.1, -0.05) is 23.7 Å². The minimum atomic E-state index is -0.486. The molecule has 0 spiro atoms. The first-order chi connectivity index (χ1) is 19.4. The van der Waals surface area contributed by atoms with Crippen molar-refractivity contribution < 1.29 is 23.8 Å². The summed E-state index contributed by atoms with van der Waals surface area (Å²) in [6.07, 6.45) is 1.47. The van der Waals surface area contributed by atoms with E-state index in [0.717, 1.165) is 22.1 Å². The van der Waals surface area contributed by atoms with Gasteiger partial charge in [0.05, 0.1) is 30.1 Å². The van der Waals surface area contributed by atoms with Crippen molar-refractivity contribution in [2.75, 3.05) is 25.6 Å². The van der Waals surface area contributed by atoms with Crippen molar-refractivity contribution in [3.8, 4) is 22.8 Å². The number of hydrogen-bond acceptors (Lipinski definition) is 9. The van der Waals surface area contributed by atoms with Crippen LogP contribution >= 0.6 is 38.9 Å². The van der Waals surface area contributed by atoms with E-state index in [0.29, 0.717) is 32.1 Å². The van der Waals surface area contributed by atoms with Crippen molar-refractivity contribution >= 4 is 67.8 Å². The Balaban J connectivity index is 1.35. The molecule has 0 unspecified atom stereocenters. The number of nitrogens with one attached hydrogen (secondary N) is 2. The molecule has 1 aromatic heterocycles. The molecule has 4 rings (SSSR count). The van der Waals surface area contributed by atoms with E-state index in [1.165, 1.54) is 24.7 Å². The van der Waals surface area contributed by atoms with Crippen LogP contribution in [0.2, 0.25) is 5.02 Å². The number of amides is 1. The summed E-state index contributed by atoms with van der Waals surface area (Å²) in [6, 6.07) is 17.8. The maximum absolute atomic E-state index is 12.6. The van der Waals surface area contributed by atoms with Crippen LogP contribution in [0.4, 0.5) is 10.8 Å². The highest BCUT2D eigenvalue weighted by Gasteiger charge is 2.14. The van der Waals surface area contributed by atoms with Crippen LogP contribution in [0, 0.1) is 0 Å². The molecule has 0 atom stereocenters. The number of carbonyl (C=O) groups is 2. The first-order valence-corrected chi connectivity index (χ1v) is 14.0. The first kappa shape index (κ1) is 29.1. The molecule has 0 radical (unpaired) electrons. The molecule has 0 bridgehead atoms. The number of anilines is 2. The number of rotatable bonds is 11. The number of hydrazone groups is 1. The molecule has 3 aromatic carbocycles. The largest absolute Gasteiger partial charge is 0.493 e. The lowest BCUT2D eigenvalue weighted by atomic mass is 10.1. The molecule has 12 heteroatoms. The number of nitrogens with zero attached hydrogens (tertiary/aromatic N) is 2. The lowest BCUT2D eigenvalue weighted by Gasteiger charge is -2.13. The zero-order chi connectivity index (χ0) is 28.5. The number of hydrogen-bond donors (Lipinski definition) is 2. The second-order valence-electron chi connectivity index (χ2n) is 8.07. The van der Waals surface area contributed by atoms with Gasteiger partial charge in [0.1, 0.15) is 0 Å². The SMILES string of the molecule is CCOC(=O)COc1c(Br)cc(/C=N\NC(=O)c2ccc(-c3csc(Nc4ccc(Cl)cc4)n3)cc2)cc1OC. The smallest absolute Gasteiger partial charge is 0.344 e. The fourth-order valence-corrected chi connectivity index (χ4v) is 4.87. The van der Waals surface area contributed by atoms with Crippen LogP contribution in [-0.2, 0) is 9.53 Å². The summed E-state index contributed by atoms with van der Waals surface area (Å²) in [5, 5.41) is 10.7. The predicted molar refractivity (Wildman–Crippen MR) is 160 cm³/mol. The molecule has 206 valence electrons. The number of esters is 1. The van der Waals surface area contributed by atoms with Gasteiger partial charge < -0.3 is 19.5 Å². The third-order valence-corrected chi connectivity index (χ3v) is 6.91. The fraction of sp³-hybridized carbons (Fsp3) is 0.143. The fourth-order valence-electron chi connectivity index (χ4n) is 3.43. The maximum Gasteiger partial charge on any atom is 0.344 e. The molecule has 0 aliphatic rings. The van der Waals surface area contributed by atoms with Crippen LogP contribution in [0.1, 0.15) is 22.8 Å². The summed E-state index contributed by atoms with van der Waals surface area (Å²) in [5.74, 6) is -0.118. The first-order valence-electron chi connectivity index (χ1n) is 11.9.